The summed E-state index contributed by atoms with van der Waals surface area (Å²) in [5.74, 6) is 0. The van der Waals surface area contributed by atoms with Gasteiger partial charge in [0.25, 0.3) is 5.56 Å². The summed E-state index contributed by atoms with van der Waals surface area (Å²) < 4.78 is 2.38. The molecular formula is C18H19ClN4OS. The Morgan fingerprint density at radius 1 is 1.28 bits per heavy atom. The number of rotatable bonds is 3. The van der Waals surface area contributed by atoms with E-state index in [9.17, 15) is 4.79 Å². The van der Waals surface area contributed by atoms with E-state index < -0.39 is 0 Å². The molecule has 1 aromatic carbocycles. The van der Waals surface area contributed by atoms with Crippen molar-refractivity contribution in [2.75, 3.05) is 6.54 Å². The zero-order valence-electron chi connectivity index (χ0n) is 13.6. The minimum absolute atomic E-state index is 0.188. The largest absolute Gasteiger partial charge is 0.355 e. The molecule has 0 unspecified atom stereocenters. The van der Waals surface area contributed by atoms with Crippen molar-refractivity contribution in [3.05, 3.63) is 61.7 Å². The SMILES string of the molecule is O=c1[nH]c(=S)n(Cc2ccc(Cl)cc2[C@H]2CCCCN2)c2cc[nH]c12. The van der Waals surface area contributed by atoms with Crippen LogP contribution in [0.25, 0.3) is 11.0 Å². The molecule has 0 aliphatic carbocycles. The number of hydrogen-bond acceptors (Lipinski definition) is 3. The Morgan fingerprint density at radius 3 is 2.96 bits per heavy atom. The molecule has 1 saturated heterocycles. The highest BCUT2D eigenvalue weighted by Gasteiger charge is 2.19. The lowest BCUT2D eigenvalue weighted by atomic mass is 9.93. The summed E-state index contributed by atoms with van der Waals surface area (Å²) in [6.45, 7) is 1.62. The minimum atomic E-state index is -0.188. The number of nitrogens with zero attached hydrogens (tertiary/aromatic N) is 1. The van der Waals surface area contributed by atoms with Crippen LogP contribution in [0, 0.1) is 4.77 Å². The third-order valence-corrected chi connectivity index (χ3v) is 5.39. The van der Waals surface area contributed by atoms with Crippen LogP contribution in [0.3, 0.4) is 0 Å². The van der Waals surface area contributed by atoms with E-state index in [2.05, 4.69) is 21.4 Å². The van der Waals surface area contributed by atoms with Crippen molar-refractivity contribution in [3.63, 3.8) is 0 Å². The third kappa shape index (κ3) is 3.17. The van der Waals surface area contributed by atoms with Crippen LogP contribution in [0.15, 0.2) is 35.3 Å². The smallest absolute Gasteiger partial charge is 0.276 e. The standard InChI is InChI=1S/C18H19ClN4OS/c19-12-5-4-11(13(9-12)14-3-1-2-7-20-14)10-23-15-6-8-21-16(15)17(24)22-18(23)25/h4-6,8-9,14,20-21H,1-3,7,10H2,(H,22,24,25)/t14-/m1/s1. The van der Waals surface area contributed by atoms with Gasteiger partial charge in [0.15, 0.2) is 4.77 Å². The van der Waals surface area contributed by atoms with Crippen LogP contribution in [0.5, 0.6) is 0 Å². The lowest BCUT2D eigenvalue weighted by Gasteiger charge is -2.26. The molecule has 1 aliphatic heterocycles. The summed E-state index contributed by atoms with van der Waals surface area (Å²) in [6, 6.07) is 8.20. The average molecular weight is 375 g/mol. The van der Waals surface area contributed by atoms with Crippen molar-refractivity contribution in [2.24, 2.45) is 0 Å². The quantitative estimate of drug-likeness (QED) is 0.609. The van der Waals surface area contributed by atoms with Crippen molar-refractivity contribution >= 4 is 34.9 Å². The van der Waals surface area contributed by atoms with E-state index >= 15 is 0 Å². The first-order valence-electron chi connectivity index (χ1n) is 8.45. The maximum absolute atomic E-state index is 12.0. The Kier molecular flexibility index (Phi) is 4.50. The molecule has 1 atom stereocenters. The van der Waals surface area contributed by atoms with Crippen LogP contribution in [0.2, 0.25) is 5.02 Å². The van der Waals surface area contributed by atoms with E-state index in [1.54, 1.807) is 6.20 Å². The summed E-state index contributed by atoms with van der Waals surface area (Å²) in [5, 5.41) is 4.33. The first-order chi connectivity index (χ1) is 12.1. The summed E-state index contributed by atoms with van der Waals surface area (Å²) >= 11 is 11.7. The normalized spacial score (nSPS) is 17.9. The summed E-state index contributed by atoms with van der Waals surface area (Å²) in [6.07, 6.45) is 5.28. The number of benzene rings is 1. The number of piperidine rings is 1. The molecule has 1 aliphatic rings. The van der Waals surface area contributed by atoms with E-state index in [0.717, 1.165) is 29.1 Å². The first-order valence-corrected chi connectivity index (χ1v) is 9.24. The van der Waals surface area contributed by atoms with Crippen molar-refractivity contribution in [1.29, 1.82) is 0 Å². The number of aromatic amines is 2. The maximum Gasteiger partial charge on any atom is 0.276 e. The van der Waals surface area contributed by atoms with Crippen LogP contribution in [0.1, 0.15) is 36.4 Å². The zero-order valence-corrected chi connectivity index (χ0v) is 15.2. The fourth-order valence-corrected chi connectivity index (χ4v) is 4.02. The predicted octanol–water partition coefficient (Wildman–Crippen LogP) is 3.90. The molecule has 1 fully saturated rings. The summed E-state index contributed by atoms with van der Waals surface area (Å²) in [7, 11) is 0. The lowest BCUT2D eigenvalue weighted by molar-refractivity contribution is 0.410. The molecule has 0 spiro atoms. The zero-order chi connectivity index (χ0) is 17.4. The van der Waals surface area contributed by atoms with Crippen molar-refractivity contribution in [2.45, 2.75) is 31.8 Å². The van der Waals surface area contributed by atoms with Gasteiger partial charge in [0.05, 0.1) is 12.1 Å². The van der Waals surface area contributed by atoms with E-state index in [-0.39, 0.29) is 5.56 Å². The third-order valence-electron chi connectivity index (χ3n) is 4.83. The van der Waals surface area contributed by atoms with Gasteiger partial charge in [-0.05, 0) is 60.9 Å². The van der Waals surface area contributed by atoms with E-state index in [1.165, 1.54) is 18.4 Å². The molecule has 5 nitrogen and oxygen atoms in total. The minimum Gasteiger partial charge on any atom is -0.355 e. The molecule has 7 heteroatoms. The summed E-state index contributed by atoms with van der Waals surface area (Å²) in [4.78, 5) is 17.8. The van der Waals surface area contributed by atoms with Gasteiger partial charge in [-0.2, -0.15) is 0 Å². The topological polar surface area (TPSA) is 65.6 Å². The van der Waals surface area contributed by atoms with Crippen LogP contribution < -0.4 is 10.9 Å². The highest BCUT2D eigenvalue weighted by atomic mass is 35.5. The number of fused-ring (bicyclic) bond motifs is 1. The van der Waals surface area contributed by atoms with Crippen molar-refractivity contribution in [1.82, 2.24) is 19.9 Å². The second-order valence-corrected chi connectivity index (χ2v) is 7.25. The van der Waals surface area contributed by atoms with Gasteiger partial charge in [0.1, 0.15) is 5.52 Å². The van der Waals surface area contributed by atoms with Crippen LogP contribution >= 0.6 is 23.8 Å². The number of nitrogens with one attached hydrogen (secondary N) is 3. The first kappa shape index (κ1) is 16.6. The molecule has 25 heavy (non-hydrogen) atoms. The Morgan fingerprint density at radius 2 is 2.16 bits per heavy atom. The molecule has 4 rings (SSSR count). The van der Waals surface area contributed by atoms with Crippen LogP contribution in [-0.4, -0.2) is 21.1 Å². The molecule has 0 saturated carbocycles. The van der Waals surface area contributed by atoms with Gasteiger partial charge in [-0.3, -0.25) is 9.78 Å². The average Bonchev–Trinajstić information content (AvgIpc) is 3.10. The Hall–Kier alpha value is -1.89. The molecule has 0 amide bonds. The molecule has 130 valence electrons. The Labute approximate surface area is 155 Å². The van der Waals surface area contributed by atoms with Crippen LogP contribution in [-0.2, 0) is 6.54 Å². The predicted molar refractivity (Wildman–Crippen MR) is 103 cm³/mol. The van der Waals surface area contributed by atoms with E-state index in [4.69, 9.17) is 23.8 Å². The second kappa shape index (κ2) is 6.78. The monoisotopic (exact) mass is 374 g/mol. The fraction of sp³-hybridized carbons (Fsp3) is 0.333. The second-order valence-electron chi connectivity index (χ2n) is 6.43. The van der Waals surface area contributed by atoms with E-state index in [1.807, 2.05) is 22.8 Å². The summed E-state index contributed by atoms with van der Waals surface area (Å²) in [5.41, 5.74) is 3.54. The fourth-order valence-electron chi connectivity index (χ4n) is 3.58. The number of H-pyrrole nitrogens is 2. The van der Waals surface area contributed by atoms with E-state index in [0.29, 0.717) is 22.9 Å². The van der Waals surface area contributed by atoms with Gasteiger partial charge < -0.3 is 14.9 Å². The molecule has 3 aromatic rings. The highest BCUT2D eigenvalue weighted by Crippen LogP contribution is 2.29. The van der Waals surface area contributed by atoms with Gasteiger partial charge in [0, 0.05) is 17.3 Å². The number of aromatic nitrogens is 3. The molecule has 0 radical (unpaired) electrons. The van der Waals surface area contributed by atoms with Crippen LogP contribution in [0.4, 0.5) is 0 Å². The van der Waals surface area contributed by atoms with Gasteiger partial charge in [-0.25, -0.2) is 0 Å². The number of hydrogen-bond donors (Lipinski definition) is 3. The van der Waals surface area contributed by atoms with Gasteiger partial charge in [0.2, 0.25) is 0 Å². The Bertz CT molecular complexity index is 1030. The van der Waals surface area contributed by atoms with Crippen molar-refractivity contribution < 1.29 is 0 Å². The Balaban J connectivity index is 1.80. The maximum atomic E-state index is 12.0. The molecule has 0 bridgehead atoms. The molecule has 3 N–H and O–H groups in total. The molecular weight excluding hydrogens is 356 g/mol. The lowest BCUT2D eigenvalue weighted by Crippen LogP contribution is -2.28. The molecule has 2 aromatic heterocycles. The van der Waals surface area contributed by atoms with Gasteiger partial charge in [-0.1, -0.05) is 24.1 Å². The van der Waals surface area contributed by atoms with Crippen molar-refractivity contribution in [3.8, 4) is 0 Å². The number of halogens is 1. The van der Waals surface area contributed by atoms with Gasteiger partial charge >= 0.3 is 0 Å². The van der Waals surface area contributed by atoms with Gasteiger partial charge in [-0.15, -0.1) is 0 Å². The highest BCUT2D eigenvalue weighted by molar-refractivity contribution is 7.71. The molecule has 3 heterocycles.